The van der Waals surface area contributed by atoms with Crippen molar-refractivity contribution < 1.29 is 9.59 Å². The van der Waals surface area contributed by atoms with Crippen LogP contribution < -0.4 is 5.73 Å². The third-order valence-corrected chi connectivity index (χ3v) is 3.36. The van der Waals surface area contributed by atoms with Crippen LogP contribution in [-0.2, 0) is 16.1 Å². The lowest BCUT2D eigenvalue weighted by molar-refractivity contribution is -0.142. The van der Waals surface area contributed by atoms with E-state index in [2.05, 4.69) is 0 Å². The SMILES string of the molecule is NC1[C@H]2C(=O)N(Cc3ccccc3)C(=O)[C@@H]12. The topological polar surface area (TPSA) is 63.4 Å². The molecular weight excluding hydrogens is 204 g/mol. The molecule has 3 atom stereocenters. The van der Waals surface area contributed by atoms with Gasteiger partial charge in [0.15, 0.2) is 0 Å². The second-order valence-corrected chi connectivity index (χ2v) is 4.38. The van der Waals surface area contributed by atoms with Crippen LogP contribution >= 0.6 is 0 Å². The predicted octanol–water partition coefficient (Wildman–Crippen LogP) is 0.129. The molecule has 2 fully saturated rings. The molecule has 1 heterocycles. The van der Waals surface area contributed by atoms with Crippen LogP contribution in [0.4, 0.5) is 0 Å². The Morgan fingerprint density at radius 2 is 1.62 bits per heavy atom. The van der Waals surface area contributed by atoms with Crippen molar-refractivity contribution in [2.45, 2.75) is 12.6 Å². The van der Waals surface area contributed by atoms with Crippen LogP contribution in [0, 0.1) is 11.8 Å². The minimum Gasteiger partial charge on any atom is -0.326 e. The molecule has 1 unspecified atom stereocenters. The fraction of sp³-hybridized carbons (Fsp3) is 0.333. The molecule has 1 aromatic carbocycles. The average Bonchev–Trinajstić information content (AvgIpc) is 2.90. The molecule has 2 N–H and O–H groups in total. The van der Waals surface area contributed by atoms with Gasteiger partial charge in [-0.1, -0.05) is 30.3 Å². The van der Waals surface area contributed by atoms with Gasteiger partial charge in [0.25, 0.3) is 0 Å². The number of likely N-dealkylation sites (tertiary alicyclic amines) is 1. The molecule has 1 aliphatic carbocycles. The Labute approximate surface area is 93.0 Å². The number of imide groups is 1. The molecule has 4 heteroatoms. The highest BCUT2D eigenvalue weighted by Crippen LogP contribution is 2.46. The van der Waals surface area contributed by atoms with Crippen molar-refractivity contribution >= 4 is 11.8 Å². The maximum Gasteiger partial charge on any atom is 0.235 e. The van der Waals surface area contributed by atoms with E-state index in [1.807, 2.05) is 30.3 Å². The second kappa shape index (κ2) is 3.15. The summed E-state index contributed by atoms with van der Waals surface area (Å²) in [4.78, 5) is 24.9. The van der Waals surface area contributed by atoms with Gasteiger partial charge in [-0.25, -0.2) is 0 Å². The van der Waals surface area contributed by atoms with Gasteiger partial charge in [-0.15, -0.1) is 0 Å². The Hall–Kier alpha value is -1.68. The summed E-state index contributed by atoms with van der Waals surface area (Å²) >= 11 is 0. The van der Waals surface area contributed by atoms with Crippen molar-refractivity contribution in [1.29, 1.82) is 0 Å². The number of carbonyl (C=O) groups is 2. The molecule has 16 heavy (non-hydrogen) atoms. The third-order valence-electron chi connectivity index (χ3n) is 3.36. The Kier molecular flexibility index (Phi) is 1.88. The first-order valence-corrected chi connectivity index (χ1v) is 5.35. The zero-order valence-corrected chi connectivity index (χ0v) is 8.67. The van der Waals surface area contributed by atoms with E-state index in [1.54, 1.807) is 0 Å². The summed E-state index contributed by atoms with van der Waals surface area (Å²) in [5.41, 5.74) is 6.61. The quantitative estimate of drug-likeness (QED) is 0.715. The molecule has 0 aromatic heterocycles. The smallest absolute Gasteiger partial charge is 0.235 e. The lowest BCUT2D eigenvalue weighted by atomic mass is 10.2. The van der Waals surface area contributed by atoms with Crippen molar-refractivity contribution in [2.24, 2.45) is 17.6 Å². The Balaban J connectivity index is 1.79. The molecule has 2 amide bonds. The van der Waals surface area contributed by atoms with Gasteiger partial charge in [0, 0.05) is 6.04 Å². The number of nitrogens with two attached hydrogens (primary N) is 1. The molecule has 0 spiro atoms. The van der Waals surface area contributed by atoms with Crippen LogP contribution in [-0.4, -0.2) is 22.8 Å². The number of fused-ring (bicyclic) bond motifs is 1. The van der Waals surface area contributed by atoms with Crippen LogP contribution in [0.25, 0.3) is 0 Å². The first-order valence-electron chi connectivity index (χ1n) is 5.35. The third kappa shape index (κ3) is 1.20. The van der Waals surface area contributed by atoms with Crippen molar-refractivity contribution in [3.8, 4) is 0 Å². The molecule has 2 aliphatic rings. The standard InChI is InChI=1S/C12H12N2O2/c13-10-8-9(10)12(16)14(11(8)15)6-7-4-2-1-3-5-7/h1-5,8-10H,6,13H2/t8-,9+,10?. The highest BCUT2D eigenvalue weighted by atomic mass is 16.2. The molecule has 4 nitrogen and oxygen atoms in total. The monoisotopic (exact) mass is 216 g/mol. The van der Waals surface area contributed by atoms with E-state index in [4.69, 9.17) is 5.73 Å². The van der Waals surface area contributed by atoms with Crippen molar-refractivity contribution in [3.05, 3.63) is 35.9 Å². The zero-order chi connectivity index (χ0) is 11.3. The van der Waals surface area contributed by atoms with E-state index in [0.29, 0.717) is 6.54 Å². The maximum atomic E-state index is 11.8. The molecule has 3 rings (SSSR count). The van der Waals surface area contributed by atoms with Gasteiger partial charge in [-0.05, 0) is 5.56 Å². The number of carbonyl (C=O) groups excluding carboxylic acids is 2. The fourth-order valence-corrected chi connectivity index (χ4v) is 2.36. The summed E-state index contributed by atoms with van der Waals surface area (Å²) in [5.74, 6) is -0.690. The molecule has 1 aliphatic heterocycles. The summed E-state index contributed by atoms with van der Waals surface area (Å²) in [6.07, 6.45) is 0. The Morgan fingerprint density at radius 3 is 2.19 bits per heavy atom. The summed E-state index contributed by atoms with van der Waals surface area (Å²) in [5, 5.41) is 0. The molecule has 0 bridgehead atoms. The number of nitrogens with zero attached hydrogens (tertiary/aromatic N) is 1. The highest BCUT2D eigenvalue weighted by molar-refractivity contribution is 6.10. The highest BCUT2D eigenvalue weighted by Gasteiger charge is 2.65. The van der Waals surface area contributed by atoms with E-state index >= 15 is 0 Å². The van der Waals surface area contributed by atoms with Gasteiger partial charge in [-0.2, -0.15) is 0 Å². The maximum absolute atomic E-state index is 11.8. The zero-order valence-electron chi connectivity index (χ0n) is 8.67. The van der Waals surface area contributed by atoms with Gasteiger partial charge in [-0.3, -0.25) is 14.5 Å². The van der Waals surface area contributed by atoms with Crippen molar-refractivity contribution in [1.82, 2.24) is 4.90 Å². The van der Waals surface area contributed by atoms with E-state index in [0.717, 1.165) is 5.56 Å². The first-order chi connectivity index (χ1) is 7.70. The van der Waals surface area contributed by atoms with Crippen LogP contribution in [0.5, 0.6) is 0 Å². The number of hydrogen-bond acceptors (Lipinski definition) is 3. The van der Waals surface area contributed by atoms with Crippen LogP contribution in [0.15, 0.2) is 30.3 Å². The van der Waals surface area contributed by atoms with Crippen LogP contribution in [0.1, 0.15) is 5.56 Å². The fourth-order valence-electron chi connectivity index (χ4n) is 2.36. The molecule has 0 radical (unpaired) electrons. The molecular formula is C12H12N2O2. The summed E-state index contributed by atoms with van der Waals surface area (Å²) in [7, 11) is 0. The van der Waals surface area contributed by atoms with E-state index < -0.39 is 0 Å². The Bertz CT molecular complexity index is 435. The molecule has 82 valence electrons. The minimum absolute atomic E-state index is 0.105. The van der Waals surface area contributed by atoms with Crippen LogP contribution in [0.2, 0.25) is 0 Å². The molecule has 1 aromatic rings. The normalized spacial score (nSPS) is 31.8. The van der Waals surface area contributed by atoms with Crippen molar-refractivity contribution in [2.75, 3.05) is 0 Å². The molecule has 1 saturated carbocycles. The predicted molar refractivity (Wildman–Crippen MR) is 57.0 cm³/mol. The van der Waals surface area contributed by atoms with Gasteiger partial charge in [0.2, 0.25) is 11.8 Å². The lowest BCUT2D eigenvalue weighted by Crippen LogP contribution is -2.36. The number of rotatable bonds is 2. The van der Waals surface area contributed by atoms with Gasteiger partial charge < -0.3 is 5.73 Å². The summed E-state index contributed by atoms with van der Waals surface area (Å²) < 4.78 is 0. The largest absolute Gasteiger partial charge is 0.326 e. The van der Waals surface area contributed by atoms with Gasteiger partial charge >= 0.3 is 0 Å². The van der Waals surface area contributed by atoms with Crippen molar-refractivity contribution in [3.63, 3.8) is 0 Å². The number of benzene rings is 1. The van der Waals surface area contributed by atoms with E-state index in [1.165, 1.54) is 4.90 Å². The minimum atomic E-state index is -0.240. The summed E-state index contributed by atoms with van der Waals surface area (Å²) in [6.45, 7) is 0.373. The van der Waals surface area contributed by atoms with E-state index in [-0.39, 0.29) is 29.7 Å². The van der Waals surface area contributed by atoms with Gasteiger partial charge in [0.05, 0.1) is 18.4 Å². The molecule has 1 saturated heterocycles. The number of piperidine rings is 1. The summed E-state index contributed by atoms with van der Waals surface area (Å²) in [6, 6.07) is 9.28. The van der Waals surface area contributed by atoms with Crippen LogP contribution in [0.3, 0.4) is 0 Å². The first kappa shape index (κ1) is 9.54. The number of hydrogen-bond donors (Lipinski definition) is 1. The lowest BCUT2D eigenvalue weighted by Gasteiger charge is -2.17. The van der Waals surface area contributed by atoms with E-state index in [9.17, 15) is 9.59 Å². The second-order valence-electron chi connectivity index (χ2n) is 4.38. The Morgan fingerprint density at radius 1 is 1.06 bits per heavy atom. The average molecular weight is 216 g/mol. The van der Waals surface area contributed by atoms with Gasteiger partial charge in [0.1, 0.15) is 0 Å². The number of amides is 2.